The second-order valence-electron chi connectivity index (χ2n) is 3.67. The van der Waals surface area contributed by atoms with Gasteiger partial charge >= 0.3 is 0 Å². The average Bonchev–Trinajstić information content (AvgIpc) is 2.26. The van der Waals surface area contributed by atoms with E-state index in [1.54, 1.807) is 0 Å². The Kier molecular flexibility index (Phi) is 3.50. The molecule has 1 fully saturated rings. The van der Waals surface area contributed by atoms with Gasteiger partial charge in [0, 0.05) is 6.42 Å². The van der Waals surface area contributed by atoms with Crippen LogP contribution in [-0.4, -0.2) is 36.1 Å². The molecule has 0 amide bonds. The smallest absolute Gasteiger partial charge is 0.107 e. The fourth-order valence-corrected chi connectivity index (χ4v) is 1.37. The first-order valence-corrected chi connectivity index (χ1v) is 4.54. The lowest BCUT2D eigenvalue weighted by molar-refractivity contribution is -0.0552. The van der Waals surface area contributed by atoms with Crippen LogP contribution >= 0.6 is 0 Å². The Morgan fingerprint density at radius 2 is 2.25 bits per heavy atom. The predicted molar refractivity (Wildman–Crippen MR) is 46.0 cm³/mol. The third-order valence-corrected chi connectivity index (χ3v) is 2.00. The topological polar surface area (TPSA) is 38.7 Å². The molecule has 0 aromatic carbocycles. The zero-order valence-corrected chi connectivity index (χ0v) is 7.99. The summed E-state index contributed by atoms with van der Waals surface area (Å²) in [5.41, 5.74) is 0. The summed E-state index contributed by atoms with van der Waals surface area (Å²) >= 11 is 0. The average molecular weight is 174 g/mol. The van der Waals surface area contributed by atoms with Gasteiger partial charge in [-0.15, -0.1) is 0 Å². The molecule has 12 heavy (non-hydrogen) atoms. The zero-order valence-electron chi connectivity index (χ0n) is 7.99. The summed E-state index contributed by atoms with van der Waals surface area (Å²) in [4.78, 5) is 0. The van der Waals surface area contributed by atoms with Crippen LogP contribution in [0, 0.1) is 0 Å². The van der Waals surface area contributed by atoms with Crippen LogP contribution < -0.4 is 0 Å². The molecule has 0 radical (unpaired) electrons. The molecule has 3 heteroatoms. The molecular weight excluding hydrogens is 156 g/mol. The Balaban J connectivity index is 2.23. The molecule has 1 aliphatic rings. The van der Waals surface area contributed by atoms with E-state index >= 15 is 0 Å². The van der Waals surface area contributed by atoms with Gasteiger partial charge in [-0.1, -0.05) is 0 Å². The van der Waals surface area contributed by atoms with Gasteiger partial charge in [-0.05, 0) is 20.8 Å². The maximum Gasteiger partial charge on any atom is 0.107 e. The molecule has 1 unspecified atom stereocenters. The lowest BCUT2D eigenvalue weighted by Crippen LogP contribution is -2.27. The van der Waals surface area contributed by atoms with Gasteiger partial charge in [-0.3, -0.25) is 0 Å². The van der Waals surface area contributed by atoms with Crippen LogP contribution in [0.1, 0.15) is 27.2 Å². The van der Waals surface area contributed by atoms with E-state index < -0.39 is 0 Å². The second kappa shape index (κ2) is 4.21. The fraction of sp³-hybridized carbons (Fsp3) is 1.00. The van der Waals surface area contributed by atoms with Crippen molar-refractivity contribution in [3.05, 3.63) is 0 Å². The van der Waals surface area contributed by atoms with Gasteiger partial charge in [0.05, 0.1) is 24.9 Å². The first-order valence-electron chi connectivity index (χ1n) is 4.54. The predicted octanol–water partition coefficient (Wildman–Crippen LogP) is 0.950. The normalized spacial score (nSPS) is 36.2. The van der Waals surface area contributed by atoms with Gasteiger partial charge in [0.2, 0.25) is 0 Å². The van der Waals surface area contributed by atoms with E-state index in [0.29, 0.717) is 6.61 Å². The number of hydrogen-bond acceptors (Lipinski definition) is 3. The number of ether oxygens (including phenoxy) is 2. The summed E-state index contributed by atoms with van der Waals surface area (Å²) in [7, 11) is 0. The van der Waals surface area contributed by atoms with Crippen molar-refractivity contribution in [1.82, 2.24) is 0 Å². The highest BCUT2D eigenvalue weighted by Crippen LogP contribution is 2.20. The van der Waals surface area contributed by atoms with Crippen LogP contribution in [0.15, 0.2) is 0 Å². The van der Waals surface area contributed by atoms with Crippen molar-refractivity contribution in [3.8, 4) is 0 Å². The van der Waals surface area contributed by atoms with E-state index in [1.807, 2.05) is 20.8 Å². The molecule has 1 heterocycles. The molecular formula is C9H18O3. The van der Waals surface area contributed by atoms with E-state index in [9.17, 15) is 5.11 Å². The minimum atomic E-state index is -0.348. The molecule has 72 valence electrons. The van der Waals surface area contributed by atoms with Gasteiger partial charge in [0.25, 0.3) is 0 Å². The lowest BCUT2D eigenvalue weighted by atomic mass is 10.1. The van der Waals surface area contributed by atoms with Crippen molar-refractivity contribution < 1.29 is 14.6 Å². The van der Waals surface area contributed by atoms with E-state index in [0.717, 1.165) is 6.42 Å². The Bertz CT molecular complexity index is 136. The van der Waals surface area contributed by atoms with Crippen LogP contribution in [0.2, 0.25) is 0 Å². The van der Waals surface area contributed by atoms with E-state index in [1.165, 1.54) is 0 Å². The fourth-order valence-electron chi connectivity index (χ4n) is 1.37. The van der Waals surface area contributed by atoms with Crippen molar-refractivity contribution in [1.29, 1.82) is 0 Å². The van der Waals surface area contributed by atoms with Crippen molar-refractivity contribution in [2.45, 2.75) is 51.6 Å². The molecule has 1 N–H and O–H groups in total. The number of rotatable bonds is 3. The standard InChI is InChI=1S/C9H18O3/c1-6(2)11-5-9-8(10)4-7(3)12-9/h6-10H,4-5H2,1-3H3/t7-,8?,9+/m0/s1. The molecule has 0 saturated carbocycles. The van der Waals surface area contributed by atoms with Crippen LogP contribution in [-0.2, 0) is 9.47 Å². The van der Waals surface area contributed by atoms with Crippen molar-refractivity contribution in [2.75, 3.05) is 6.61 Å². The first kappa shape index (κ1) is 9.96. The lowest BCUT2D eigenvalue weighted by Gasteiger charge is -2.15. The van der Waals surface area contributed by atoms with Crippen LogP contribution in [0.3, 0.4) is 0 Å². The zero-order chi connectivity index (χ0) is 9.14. The van der Waals surface area contributed by atoms with Crippen molar-refractivity contribution in [3.63, 3.8) is 0 Å². The summed E-state index contributed by atoms with van der Waals surface area (Å²) in [6.45, 7) is 6.43. The maximum absolute atomic E-state index is 9.47. The SMILES string of the molecule is CC(C)OC[C@H]1O[C@@H](C)CC1O. The molecule has 0 aromatic rings. The van der Waals surface area contributed by atoms with Gasteiger partial charge in [0.15, 0.2) is 0 Å². The summed E-state index contributed by atoms with van der Waals surface area (Å²) in [6.07, 6.45) is 0.630. The largest absolute Gasteiger partial charge is 0.390 e. The van der Waals surface area contributed by atoms with Crippen LogP contribution in [0.5, 0.6) is 0 Å². The molecule has 3 nitrogen and oxygen atoms in total. The maximum atomic E-state index is 9.47. The molecule has 1 rings (SSSR count). The first-order chi connectivity index (χ1) is 5.59. The summed E-state index contributed by atoms with van der Waals surface area (Å²) < 4.78 is 10.8. The Labute approximate surface area is 73.7 Å². The summed E-state index contributed by atoms with van der Waals surface area (Å²) in [5, 5.41) is 9.47. The molecule has 1 saturated heterocycles. The van der Waals surface area contributed by atoms with Gasteiger partial charge in [-0.25, -0.2) is 0 Å². The molecule has 3 atom stereocenters. The summed E-state index contributed by atoms with van der Waals surface area (Å²) in [5.74, 6) is 0. The highest BCUT2D eigenvalue weighted by atomic mass is 16.6. The molecule has 0 aliphatic carbocycles. The van der Waals surface area contributed by atoms with Crippen molar-refractivity contribution >= 4 is 0 Å². The van der Waals surface area contributed by atoms with Gasteiger partial charge in [-0.2, -0.15) is 0 Å². The van der Waals surface area contributed by atoms with Gasteiger partial charge in [0.1, 0.15) is 6.10 Å². The number of aliphatic hydroxyl groups excluding tert-OH is 1. The molecule has 0 bridgehead atoms. The number of hydrogen-bond donors (Lipinski definition) is 1. The van der Waals surface area contributed by atoms with Crippen LogP contribution in [0.4, 0.5) is 0 Å². The Morgan fingerprint density at radius 3 is 2.67 bits per heavy atom. The van der Waals surface area contributed by atoms with Crippen molar-refractivity contribution in [2.24, 2.45) is 0 Å². The van der Waals surface area contributed by atoms with E-state index in [2.05, 4.69) is 0 Å². The minimum absolute atomic E-state index is 0.123. The third-order valence-electron chi connectivity index (χ3n) is 2.00. The van der Waals surface area contributed by atoms with Gasteiger partial charge < -0.3 is 14.6 Å². The summed E-state index contributed by atoms with van der Waals surface area (Å²) in [6, 6.07) is 0. The highest BCUT2D eigenvalue weighted by Gasteiger charge is 2.31. The molecule has 1 aliphatic heterocycles. The minimum Gasteiger partial charge on any atom is -0.390 e. The van der Waals surface area contributed by atoms with E-state index in [-0.39, 0.29) is 24.4 Å². The number of aliphatic hydroxyl groups is 1. The highest BCUT2D eigenvalue weighted by molar-refractivity contribution is 4.79. The monoisotopic (exact) mass is 174 g/mol. The quantitative estimate of drug-likeness (QED) is 0.692. The Morgan fingerprint density at radius 1 is 1.58 bits per heavy atom. The van der Waals surface area contributed by atoms with Crippen LogP contribution in [0.25, 0.3) is 0 Å². The molecule has 0 aromatic heterocycles. The molecule has 0 spiro atoms. The third kappa shape index (κ3) is 2.73. The second-order valence-corrected chi connectivity index (χ2v) is 3.67. The Hall–Kier alpha value is -0.120. The van der Waals surface area contributed by atoms with E-state index in [4.69, 9.17) is 9.47 Å².